The molecule has 109 heavy (non-hydrogen) atoms. The second-order valence-electron chi connectivity index (χ2n) is 32.8. The lowest BCUT2D eigenvalue weighted by Crippen LogP contribution is -2.30. The molecule has 17 nitrogen and oxygen atoms in total. The van der Waals surface area contributed by atoms with Crippen molar-refractivity contribution in [2.45, 2.75) is 509 Å². The first-order valence-corrected chi connectivity index (χ1v) is 49.6. The molecule has 5 atom stereocenters. The van der Waals surface area contributed by atoms with Gasteiger partial charge in [-0.3, -0.25) is 37.3 Å². The van der Waals surface area contributed by atoms with Gasteiger partial charge in [-0.2, -0.15) is 0 Å². The molecule has 0 saturated heterocycles. The van der Waals surface area contributed by atoms with Crippen molar-refractivity contribution in [3.63, 3.8) is 0 Å². The number of unbranched alkanes of at least 4 members (excludes halogenated alkanes) is 62. The fourth-order valence-corrected chi connectivity index (χ4v) is 15.8. The van der Waals surface area contributed by atoms with E-state index in [-0.39, 0.29) is 25.7 Å². The van der Waals surface area contributed by atoms with Gasteiger partial charge >= 0.3 is 39.5 Å². The zero-order chi connectivity index (χ0) is 79.7. The quantitative estimate of drug-likeness (QED) is 0.0222. The van der Waals surface area contributed by atoms with Gasteiger partial charge in [-0.25, -0.2) is 9.13 Å². The molecule has 0 fully saturated rings. The van der Waals surface area contributed by atoms with Crippen molar-refractivity contribution >= 4 is 39.5 Å². The Morgan fingerprint density at radius 3 is 0.624 bits per heavy atom. The SMILES string of the molecule is CCCCCCCCCCCCCCCCCCCCCCCCC(=O)O[C@H](COC(=O)CCCCCCCCCCCCCCCCCCCC)COP(=O)(O)OC[C@@H](O)COP(=O)(O)OC[C@@H](COC(=O)CCCCCCCCCCCCCCC)OC(=O)CCCCCCCCCCCCCCCC(C)C. The highest BCUT2D eigenvalue weighted by Crippen LogP contribution is 2.45. The minimum atomic E-state index is -4.97. The summed E-state index contributed by atoms with van der Waals surface area (Å²) in [7, 11) is -9.93. The summed E-state index contributed by atoms with van der Waals surface area (Å²) in [5.41, 5.74) is 0. The van der Waals surface area contributed by atoms with Gasteiger partial charge in [0.05, 0.1) is 26.4 Å². The maximum atomic E-state index is 13.2. The van der Waals surface area contributed by atoms with Crippen molar-refractivity contribution in [3.05, 3.63) is 0 Å². The molecule has 0 aromatic carbocycles. The van der Waals surface area contributed by atoms with Crippen LogP contribution in [0.5, 0.6) is 0 Å². The van der Waals surface area contributed by atoms with Gasteiger partial charge in [0.15, 0.2) is 12.2 Å². The fourth-order valence-electron chi connectivity index (χ4n) is 14.2. The summed E-state index contributed by atoms with van der Waals surface area (Å²) < 4.78 is 69.1. The van der Waals surface area contributed by atoms with Crippen LogP contribution in [0.15, 0.2) is 0 Å². The van der Waals surface area contributed by atoms with Crippen molar-refractivity contribution in [1.29, 1.82) is 0 Å². The third-order valence-corrected chi connectivity index (χ3v) is 23.2. The third-order valence-electron chi connectivity index (χ3n) is 21.3. The molecule has 0 aliphatic carbocycles. The van der Waals surface area contributed by atoms with E-state index < -0.39 is 97.5 Å². The first-order valence-electron chi connectivity index (χ1n) is 46.6. The van der Waals surface area contributed by atoms with Crippen LogP contribution >= 0.6 is 15.6 Å². The maximum Gasteiger partial charge on any atom is 0.472 e. The average molecular weight is 1590 g/mol. The standard InChI is InChI=1S/C90H176O17P2/c1-6-9-12-15-18-21-24-27-29-31-33-34-35-36-38-40-45-50-55-60-65-70-75-89(94)106-86(80-101-88(93)74-69-64-59-54-49-44-39-37-32-30-28-25-22-19-16-13-10-7-2)82-105-109(98,99)103-78-84(91)77-102-108(96,97)104-81-85(79-100-87(92)73-68-63-58-53-48-42-26-23-20-17-14-11-8-3)107-90(95)76-71-66-61-56-51-46-41-43-47-52-57-62-67-72-83(4)5/h83-86,91H,6-82H2,1-5H3,(H,96,97)(H,98,99)/t84-,85+,86+/m0/s1. The van der Waals surface area contributed by atoms with Crippen LogP contribution < -0.4 is 0 Å². The molecule has 0 bridgehead atoms. The van der Waals surface area contributed by atoms with E-state index in [2.05, 4.69) is 34.6 Å². The van der Waals surface area contributed by atoms with Gasteiger partial charge < -0.3 is 33.8 Å². The Balaban J connectivity index is 5.25. The molecule has 0 spiro atoms. The summed E-state index contributed by atoms with van der Waals surface area (Å²) in [4.78, 5) is 73.4. The van der Waals surface area contributed by atoms with Crippen LogP contribution in [0.3, 0.4) is 0 Å². The lowest BCUT2D eigenvalue weighted by molar-refractivity contribution is -0.161. The van der Waals surface area contributed by atoms with Gasteiger partial charge in [0, 0.05) is 25.7 Å². The van der Waals surface area contributed by atoms with Crippen LogP contribution in [-0.4, -0.2) is 96.7 Å². The van der Waals surface area contributed by atoms with Gasteiger partial charge in [-0.1, -0.05) is 439 Å². The Bertz CT molecular complexity index is 2070. The van der Waals surface area contributed by atoms with Gasteiger partial charge in [-0.05, 0) is 31.6 Å². The smallest absolute Gasteiger partial charge is 0.462 e. The number of aliphatic hydroxyl groups excluding tert-OH is 1. The predicted octanol–water partition coefficient (Wildman–Crippen LogP) is 27.9. The monoisotopic (exact) mass is 1590 g/mol. The molecular formula is C90H176O17P2. The molecule has 0 aliphatic heterocycles. The van der Waals surface area contributed by atoms with E-state index in [1.165, 1.54) is 315 Å². The molecule has 3 N–H and O–H groups in total. The zero-order valence-corrected chi connectivity index (χ0v) is 73.5. The summed E-state index contributed by atoms with van der Waals surface area (Å²) in [6.07, 6.45) is 77.8. The van der Waals surface area contributed by atoms with E-state index in [1.54, 1.807) is 0 Å². The third kappa shape index (κ3) is 83.8. The van der Waals surface area contributed by atoms with E-state index in [9.17, 15) is 43.2 Å². The second kappa shape index (κ2) is 82.6. The highest BCUT2D eigenvalue weighted by Gasteiger charge is 2.31. The Labute approximate surface area is 670 Å². The molecule has 19 heteroatoms. The Morgan fingerprint density at radius 2 is 0.422 bits per heavy atom. The van der Waals surface area contributed by atoms with Crippen LogP contribution in [-0.2, 0) is 65.4 Å². The van der Waals surface area contributed by atoms with Gasteiger partial charge in [0.2, 0.25) is 0 Å². The molecule has 648 valence electrons. The largest absolute Gasteiger partial charge is 0.472 e. The van der Waals surface area contributed by atoms with Crippen LogP contribution in [0.25, 0.3) is 0 Å². The normalized spacial score (nSPS) is 13.7. The van der Waals surface area contributed by atoms with E-state index in [0.717, 1.165) is 95.8 Å². The van der Waals surface area contributed by atoms with Gasteiger partial charge in [0.1, 0.15) is 19.3 Å². The van der Waals surface area contributed by atoms with E-state index in [1.807, 2.05) is 0 Å². The van der Waals surface area contributed by atoms with Crippen molar-refractivity contribution < 1.29 is 80.2 Å². The van der Waals surface area contributed by atoms with Crippen molar-refractivity contribution in [2.75, 3.05) is 39.6 Å². The number of hydrogen-bond donors (Lipinski definition) is 3. The van der Waals surface area contributed by atoms with E-state index in [0.29, 0.717) is 25.7 Å². The Kier molecular flexibility index (Phi) is 81.1. The van der Waals surface area contributed by atoms with Crippen LogP contribution in [0.1, 0.15) is 490 Å². The molecule has 2 unspecified atom stereocenters. The molecule has 0 heterocycles. The Morgan fingerprint density at radius 1 is 0.248 bits per heavy atom. The van der Waals surface area contributed by atoms with Crippen molar-refractivity contribution in [3.8, 4) is 0 Å². The molecule has 0 saturated carbocycles. The second-order valence-corrected chi connectivity index (χ2v) is 35.7. The van der Waals surface area contributed by atoms with Crippen LogP contribution in [0.2, 0.25) is 0 Å². The average Bonchev–Trinajstić information content (AvgIpc) is 0.902. The van der Waals surface area contributed by atoms with Gasteiger partial charge in [0.25, 0.3) is 0 Å². The van der Waals surface area contributed by atoms with Crippen LogP contribution in [0.4, 0.5) is 0 Å². The van der Waals surface area contributed by atoms with E-state index >= 15 is 0 Å². The Hall–Kier alpha value is -1.94. The predicted molar refractivity (Wildman–Crippen MR) is 451 cm³/mol. The molecular weight excluding hydrogens is 1410 g/mol. The highest BCUT2D eigenvalue weighted by atomic mass is 31.2. The summed E-state index contributed by atoms with van der Waals surface area (Å²) >= 11 is 0. The molecule has 0 rings (SSSR count). The molecule has 0 aromatic heterocycles. The number of carbonyl (C=O) groups excluding carboxylic acids is 4. The summed E-state index contributed by atoms with van der Waals surface area (Å²) in [6, 6.07) is 0. The number of hydrogen-bond acceptors (Lipinski definition) is 15. The maximum absolute atomic E-state index is 13.2. The molecule has 0 aliphatic rings. The van der Waals surface area contributed by atoms with E-state index in [4.69, 9.17) is 37.0 Å². The minimum absolute atomic E-state index is 0.108. The topological polar surface area (TPSA) is 237 Å². The summed E-state index contributed by atoms with van der Waals surface area (Å²) in [5.74, 6) is -1.31. The lowest BCUT2D eigenvalue weighted by Gasteiger charge is -2.21. The van der Waals surface area contributed by atoms with Gasteiger partial charge in [-0.15, -0.1) is 0 Å². The number of esters is 4. The summed E-state index contributed by atoms with van der Waals surface area (Å²) in [5, 5.41) is 10.7. The summed E-state index contributed by atoms with van der Waals surface area (Å²) in [6.45, 7) is 7.41. The van der Waals surface area contributed by atoms with Crippen molar-refractivity contribution in [2.24, 2.45) is 5.92 Å². The number of aliphatic hydroxyl groups is 1. The minimum Gasteiger partial charge on any atom is -0.462 e. The first kappa shape index (κ1) is 107. The number of ether oxygens (including phenoxy) is 4. The number of phosphoric acid groups is 2. The lowest BCUT2D eigenvalue weighted by atomic mass is 10.0. The highest BCUT2D eigenvalue weighted by molar-refractivity contribution is 7.47. The number of rotatable bonds is 90. The molecule has 0 aromatic rings. The number of phosphoric ester groups is 2. The van der Waals surface area contributed by atoms with Crippen LogP contribution in [0, 0.1) is 5.92 Å². The first-order chi connectivity index (χ1) is 53.0. The number of carbonyl (C=O) groups is 4. The zero-order valence-electron chi connectivity index (χ0n) is 71.7. The fraction of sp³-hybridized carbons (Fsp3) is 0.956. The molecule has 0 radical (unpaired) electrons. The molecule has 0 amide bonds. The van der Waals surface area contributed by atoms with Crippen molar-refractivity contribution in [1.82, 2.24) is 0 Å².